The smallest absolute Gasteiger partial charge is 0.264 e. The van der Waals surface area contributed by atoms with Crippen molar-refractivity contribution in [3.8, 4) is 0 Å². The Bertz CT molecular complexity index is 885. The average Bonchev–Trinajstić information content (AvgIpc) is 2.63. The SMILES string of the molecule is CCC[C@H](C)NC(=O)CN(c1cccc(Cl)c1C)S(=O)(=O)c1ccccc1. The van der Waals surface area contributed by atoms with E-state index in [4.69, 9.17) is 11.6 Å². The maximum Gasteiger partial charge on any atom is 0.264 e. The van der Waals surface area contributed by atoms with Crippen molar-refractivity contribution in [2.24, 2.45) is 0 Å². The van der Waals surface area contributed by atoms with Crippen LogP contribution >= 0.6 is 11.6 Å². The minimum Gasteiger partial charge on any atom is -0.352 e. The number of nitrogens with one attached hydrogen (secondary N) is 1. The monoisotopic (exact) mass is 408 g/mol. The van der Waals surface area contributed by atoms with Crippen molar-refractivity contribution in [2.75, 3.05) is 10.8 Å². The van der Waals surface area contributed by atoms with Crippen molar-refractivity contribution in [2.45, 2.75) is 44.6 Å². The highest BCUT2D eigenvalue weighted by molar-refractivity contribution is 7.92. The third-order valence-corrected chi connectivity index (χ3v) is 6.44. The Kier molecular flexibility index (Phi) is 7.27. The summed E-state index contributed by atoms with van der Waals surface area (Å²) < 4.78 is 27.6. The normalized spacial score (nSPS) is 12.4. The Morgan fingerprint density at radius 3 is 2.44 bits per heavy atom. The molecular weight excluding hydrogens is 384 g/mol. The van der Waals surface area contributed by atoms with Crippen LogP contribution in [0.1, 0.15) is 32.3 Å². The number of hydrogen-bond donors (Lipinski definition) is 1. The minimum atomic E-state index is -3.92. The van der Waals surface area contributed by atoms with Crippen LogP contribution in [0.15, 0.2) is 53.4 Å². The lowest BCUT2D eigenvalue weighted by Gasteiger charge is -2.26. The third kappa shape index (κ3) is 5.23. The number of nitrogens with zero attached hydrogens (tertiary/aromatic N) is 1. The van der Waals surface area contributed by atoms with E-state index in [1.165, 1.54) is 12.1 Å². The molecule has 0 unspecified atom stereocenters. The lowest BCUT2D eigenvalue weighted by molar-refractivity contribution is -0.120. The van der Waals surface area contributed by atoms with Gasteiger partial charge in [-0.15, -0.1) is 0 Å². The Morgan fingerprint density at radius 2 is 1.81 bits per heavy atom. The highest BCUT2D eigenvalue weighted by Crippen LogP contribution is 2.30. The first-order valence-electron chi connectivity index (χ1n) is 8.89. The molecule has 0 aliphatic rings. The van der Waals surface area contributed by atoms with Gasteiger partial charge in [-0.3, -0.25) is 9.10 Å². The van der Waals surface area contributed by atoms with Crippen LogP contribution < -0.4 is 9.62 Å². The van der Waals surface area contributed by atoms with Crippen LogP contribution in [0.3, 0.4) is 0 Å². The van der Waals surface area contributed by atoms with Gasteiger partial charge in [0.25, 0.3) is 10.0 Å². The van der Waals surface area contributed by atoms with E-state index >= 15 is 0 Å². The van der Waals surface area contributed by atoms with E-state index in [2.05, 4.69) is 5.32 Å². The van der Waals surface area contributed by atoms with Gasteiger partial charge in [-0.2, -0.15) is 0 Å². The molecule has 0 radical (unpaired) electrons. The number of carbonyl (C=O) groups excluding carboxylic acids is 1. The van der Waals surface area contributed by atoms with Crippen LogP contribution in [0.5, 0.6) is 0 Å². The Morgan fingerprint density at radius 1 is 1.15 bits per heavy atom. The first-order valence-corrected chi connectivity index (χ1v) is 10.7. The summed E-state index contributed by atoms with van der Waals surface area (Å²) in [7, 11) is -3.92. The summed E-state index contributed by atoms with van der Waals surface area (Å²) in [5.41, 5.74) is 0.998. The molecule has 1 amide bonds. The lowest BCUT2D eigenvalue weighted by Crippen LogP contribution is -2.43. The fraction of sp³-hybridized carbons (Fsp3) is 0.350. The number of benzene rings is 2. The third-order valence-electron chi connectivity index (χ3n) is 4.26. The van der Waals surface area contributed by atoms with Gasteiger partial charge in [0.05, 0.1) is 10.6 Å². The van der Waals surface area contributed by atoms with E-state index in [1.807, 2.05) is 13.8 Å². The first-order chi connectivity index (χ1) is 12.8. The average molecular weight is 409 g/mol. The summed E-state index contributed by atoms with van der Waals surface area (Å²) in [6.45, 7) is 5.36. The maximum atomic E-state index is 13.2. The van der Waals surface area contributed by atoms with Crippen molar-refractivity contribution < 1.29 is 13.2 Å². The van der Waals surface area contributed by atoms with E-state index in [-0.39, 0.29) is 23.4 Å². The summed E-state index contributed by atoms with van der Waals surface area (Å²) in [6, 6.07) is 13.1. The van der Waals surface area contributed by atoms with Crippen molar-refractivity contribution in [3.63, 3.8) is 0 Å². The summed E-state index contributed by atoms with van der Waals surface area (Å²) >= 11 is 6.19. The molecule has 0 saturated carbocycles. The highest BCUT2D eigenvalue weighted by Gasteiger charge is 2.28. The van der Waals surface area contributed by atoms with Crippen LogP contribution in [0.4, 0.5) is 5.69 Å². The molecule has 0 aromatic heterocycles. The van der Waals surface area contributed by atoms with Gasteiger partial charge in [-0.05, 0) is 50.1 Å². The second-order valence-corrected chi connectivity index (χ2v) is 8.74. The molecule has 2 aromatic rings. The topological polar surface area (TPSA) is 66.5 Å². The van der Waals surface area contributed by atoms with Crippen LogP contribution in [0.2, 0.25) is 5.02 Å². The standard InChI is InChI=1S/C20H25ClN2O3S/c1-4-9-15(2)22-20(24)14-23(19-13-8-12-18(21)16(19)3)27(25,26)17-10-6-5-7-11-17/h5-8,10-13,15H,4,9,14H2,1-3H3,(H,22,24)/t15-/m0/s1. The number of anilines is 1. The predicted octanol–water partition coefficient (Wildman–Crippen LogP) is 4.15. The molecule has 0 saturated heterocycles. The molecule has 7 heteroatoms. The summed E-state index contributed by atoms with van der Waals surface area (Å²) in [5, 5.41) is 3.31. The van der Waals surface area contributed by atoms with Crippen LogP contribution in [-0.2, 0) is 14.8 Å². The number of halogens is 1. The lowest BCUT2D eigenvalue weighted by atomic mass is 10.2. The molecule has 1 atom stereocenters. The molecule has 0 bridgehead atoms. The molecule has 2 rings (SSSR count). The van der Waals surface area contributed by atoms with Gasteiger partial charge < -0.3 is 5.32 Å². The quantitative estimate of drug-likeness (QED) is 0.713. The molecule has 0 heterocycles. The van der Waals surface area contributed by atoms with Crippen LogP contribution in [0, 0.1) is 6.92 Å². The van der Waals surface area contributed by atoms with Gasteiger partial charge in [0, 0.05) is 11.1 Å². The number of hydrogen-bond acceptors (Lipinski definition) is 3. The van der Waals surface area contributed by atoms with E-state index < -0.39 is 10.0 Å². The van der Waals surface area contributed by atoms with Crippen molar-refractivity contribution >= 4 is 33.2 Å². The largest absolute Gasteiger partial charge is 0.352 e. The summed E-state index contributed by atoms with van der Waals surface area (Å²) in [4.78, 5) is 12.7. The van der Waals surface area contributed by atoms with E-state index in [0.717, 1.165) is 17.1 Å². The van der Waals surface area contributed by atoms with Crippen molar-refractivity contribution in [3.05, 3.63) is 59.1 Å². The second kappa shape index (κ2) is 9.24. The Balaban J connectivity index is 2.43. The van der Waals surface area contributed by atoms with E-state index in [9.17, 15) is 13.2 Å². The molecule has 0 fully saturated rings. The zero-order valence-corrected chi connectivity index (χ0v) is 17.3. The predicted molar refractivity (Wildman–Crippen MR) is 110 cm³/mol. The summed E-state index contributed by atoms with van der Waals surface area (Å²) in [5.74, 6) is -0.352. The number of rotatable bonds is 8. The van der Waals surface area contributed by atoms with Crippen molar-refractivity contribution in [1.29, 1.82) is 0 Å². The zero-order chi connectivity index (χ0) is 20.0. The molecule has 5 nitrogen and oxygen atoms in total. The van der Waals surface area contributed by atoms with Gasteiger partial charge in [-0.25, -0.2) is 8.42 Å². The molecule has 0 spiro atoms. The summed E-state index contributed by atoms with van der Waals surface area (Å²) in [6.07, 6.45) is 1.76. The van der Waals surface area contributed by atoms with Crippen LogP contribution in [0.25, 0.3) is 0 Å². The number of sulfonamides is 1. The van der Waals surface area contributed by atoms with E-state index in [1.54, 1.807) is 43.3 Å². The molecule has 1 N–H and O–H groups in total. The molecule has 146 valence electrons. The van der Waals surface area contributed by atoms with Gasteiger partial charge in [0.2, 0.25) is 5.91 Å². The van der Waals surface area contributed by atoms with Gasteiger partial charge in [0.1, 0.15) is 6.54 Å². The number of amides is 1. The second-order valence-electron chi connectivity index (χ2n) is 6.47. The fourth-order valence-electron chi connectivity index (χ4n) is 2.84. The molecule has 2 aromatic carbocycles. The highest BCUT2D eigenvalue weighted by atomic mass is 35.5. The fourth-order valence-corrected chi connectivity index (χ4v) is 4.51. The molecule has 27 heavy (non-hydrogen) atoms. The minimum absolute atomic E-state index is 0.0239. The first kappa shape index (κ1) is 21.3. The zero-order valence-electron chi connectivity index (χ0n) is 15.8. The van der Waals surface area contributed by atoms with Crippen molar-refractivity contribution in [1.82, 2.24) is 5.32 Å². The van der Waals surface area contributed by atoms with Gasteiger partial charge in [0.15, 0.2) is 0 Å². The molecular formula is C20H25ClN2O3S. The molecule has 0 aliphatic heterocycles. The maximum absolute atomic E-state index is 13.2. The molecule has 0 aliphatic carbocycles. The van der Waals surface area contributed by atoms with E-state index in [0.29, 0.717) is 16.3 Å². The van der Waals surface area contributed by atoms with Gasteiger partial charge in [-0.1, -0.05) is 49.2 Å². The number of carbonyl (C=O) groups is 1. The van der Waals surface area contributed by atoms with Crippen LogP contribution in [-0.4, -0.2) is 26.9 Å². The Hall–Kier alpha value is -2.05. The Labute approximate surface area is 166 Å². The van der Waals surface area contributed by atoms with Gasteiger partial charge >= 0.3 is 0 Å².